The zero-order chi connectivity index (χ0) is 11.9. The average Bonchev–Trinajstić information content (AvgIpc) is 2.60. The van der Waals surface area contributed by atoms with Crippen LogP contribution >= 0.6 is 0 Å². The van der Waals surface area contributed by atoms with Gasteiger partial charge in [-0.05, 0) is 31.4 Å². The minimum Gasteiger partial charge on any atom is -0.406 e. The first-order valence-corrected chi connectivity index (χ1v) is 5.74. The van der Waals surface area contributed by atoms with Crippen LogP contribution in [0.25, 0.3) is 11.2 Å². The Morgan fingerprint density at radius 3 is 3.06 bits per heavy atom. The SMILES string of the molecule is COC1(Cn2c(=O)oc3cccnc32)CCC1. The normalized spacial score (nSPS) is 18.2. The van der Waals surface area contributed by atoms with Gasteiger partial charge in [0.15, 0.2) is 11.2 Å². The second-order valence-electron chi connectivity index (χ2n) is 4.52. The fraction of sp³-hybridized carbons (Fsp3) is 0.500. The molecule has 5 heteroatoms. The number of nitrogens with zero attached hydrogens (tertiary/aromatic N) is 2. The van der Waals surface area contributed by atoms with E-state index < -0.39 is 0 Å². The Hall–Kier alpha value is -1.62. The molecule has 2 aromatic heterocycles. The van der Waals surface area contributed by atoms with Crippen LogP contribution in [0, 0.1) is 0 Å². The summed E-state index contributed by atoms with van der Waals surface area (Å²) in [6, 6.07) is 3.51. The molecule has 0 saturated heterocycles. The lowest BCUT2D eigenvalue weighted by Crippen LogP contribution is -2.44. The Morgan fingerprint density at radius 1 is 1.59 bits per heavy atom. The molecule has 5 nitrogen and oxygen atoms in total. The minimum absolute atomic E-state index is 0.210. The topological polar surface area (TPSA) is 57.3 Å². The highest BCUT2D eigenvalue weighted by atomic mass is 16.5. The van der Waals surface area contributed by atoms with Gasteiger partial charge in [-0.2, -0.15) is 0 Å². The monoisotopic (exact) mass is 234 g/mol. The lowest BCUT2D eigenvalue weighted by Gasteiger charge is -2.40. The van der Waals surface area contributed by atoms with Crippen LogP contribution in [0.2, 0.25) is 0 Å². The molecule has 0 N–H and O–H groups in total. The fourth-order valence-electron chi connectivity index (χ4n) is 2.33. The highest BCUT2D eigenvalue weighted by Gasteiger charge is 2.38. The summed E-state index contributed by atoms with van der Waals surface area (Å²) in [5.41, 5.74) is 0.918. The number of ether oxygens (including phenoxy) is 1. The molecule has 1 aliphatic carbocycles. The van der Waals surface area contributed by atoms with Gasteiger partial charge in [-0.25, -0.2) is 9.78 Å². The first-order chi connectivity index (χ1) is 8.24. The van der Waals surface area contributed by atoms with Crippen LogP contribution in [0.4, 0.5) is 0 Å². The molecule has 17 heavy (non-hydrogen) atoms. The molecule has 90 valence electrons. The van der Waals surface area contributed by atoms with Gasteiger partial charge in [0.2, 0.25) is 0 Å². The molecule has 0 aromatic carbocycles. The summed E-state index contributed by atoms with van der Waals surface area (Å²) in [4.78, 5) is 16.0. The Balaban J connectivity index is 2.05. The van der Waals surface area contributed by atoms with Crippen LogP contribution in [0.3, 0.4) is 0 Å². The molecule has 0 amide bonds. The first kappa shape index (κ1) is 10.5. The summed E-state index contributed by atoms with van der Waals surface area (Å²) >= 11 is 0. The number of hydrogen-bond acceptors (Lipinski definition) is 4. The second-order valence-corrected chi connectivity index (χ2v) is 4.52. The summed E-state index contributed by atoms with van der Waals surface area (Å²) < 4.78 is 12.2. The van der Waals surface area contributed by atoms with E-state index in [1.165, 1.54) is 0 Å². The maximum atomic E-state index is 11.8. The van der Waals surface area contributed by atoms with Crippen LogP contribution in [0.1, 0.15) is 19.3 Å². The predicted molar refractivity (Wildman–Crippen MR) is 61.9 cm³/mol. The van der Waals surface area contributed by atoms with E-state index in [1.807, 2.05) is 0 Å². The fourth-order valence-corrected chi connectivity index (χ4v) is 2.33. The highest BCUT2D eigenvalue weighted by molar-refractivity contribution is 5.67. The third-order valence-corrected chi connectivity index (χ3v) is 3.57. The molecule has 1 saturated carbocycles. The van der Waals surface area contributed by atoms with Crippen LogP contribution < -0.4 is 5.76 Å². The van der Waals surface area contributed by atoms with E-state index in [0.29, 0.717) is 17.8 Å². The van der Waals surface area contributed by atoms with Crippen molar-refractivity contribution < 1.29 is 9.15 Å². The third kappa shape index (κ3) is 1.58. The number of hydrogen-bond donors (Lipinski definition) is 0. The van der Waals surface area contributed by atoms with Gasteiger partial charge in [0.25, 0.3) is 0 Å². The van der Waals surface area contributed by atoms with Crippen LogP contribution in [-0.2, 0) is 11.3 Å². The highest BCUT2D eigenvalue weighted by Crippen LogP contribution is 2.36. The van der Waals surface area contributed by atoms with Crippen LogP contribution in [0.5, 0.6) is 0 Å². The molecule has 1 aliphatic rings. The number of methoxy groups -OCH3 is 1. The van der Waals surface area contributed by atoms with E-state index in [2.05, 4.69) is 4.98 Å². The lowest BCUT2D eigenvalue weighted by atomic mass is 9.80. The Bertz CT molecular complexity index is 590. The van der Waals surface area contributed by atoms with E-state index in [4.69, 9.17) is 9.15 Å². The van der Waals surface area contributed by atoms with Crippen molar-refractivity contribution >= 4 is 11.2 Å². The van der Waals surface area contributed by atoms with E-state index in [1.54, 1.807) is 30.0 Å². The molecule has 3 rings (SSSR count). The number of oxazole rings is 1. The Kier molecular flexibility index (Phi) is 2.29. The van der Waals surface area contributed by atoms with Crippen molar-refractivity contribution in [3.8, 4) is 0 Å². The van der Waals surface area contributed by atoms with Gasteiger partial charge in [-0.1, -0.05) is 0 Å². The number of fused-ring (bicyclic) bond motifs is 1. The molecule has 0 radical (unpaired) electrons. The van der Waals surface area contributed by atoms with Gasteiger partial charge < -0.3 is 9.15 Å². The van der Waals surface area contributed by atoms with Gasteiger partial charge in [0, 0.05) is 13.3 Å². The number of rotatable bonds is 3. The number of pyridine rings is 1. The van der Waals surface area contributed by atoms with Gasteiger partial charge in [0.05, 0.1) is 12.1 Å². The predicted octanol–water partition coefficient (Wildman–Crippen LogP) is 1.56. The second kappa shape index (κ2) is 3.70. The molecular formula is C12H14N2O3. The van der Waals surface area contributed by atoms with Crippen molar-refractivity contribution in [2.75, 3.05) is 7.11 Å². The number of aromatic nitrogens is 2. The first-order valence-electron chi connectivity index (χ1n) is 5.74. The van der Waals surface area contributed by atoms with Crippen molar-refractivity contribution in [1.82, 2.24) is 9.55 Å². The maximum absolute atomic E-state index is 11.8. The molecule has 2 heterocycles. The van der Waals surface area contributed by atoms with Crippen molar-refractivity contribution in [2.45, 2.75) is 31.4 Å². The molecule has 2 aromatic rings. The molecule has 1 fully saturated rings. The molecule has 0 aliphatic heterocycles. The zero-order valence-corrected chi connectivity index (χ0v) is 9.68. The van der Waals surface area contributed by atoms with Gasteiger partial charge in [-0.3, -0.25) is 4.57 Å². The van der Waals surface area contributed by atoms with Gasteiger partial charge in [0.1, 0.15) is 0 Å². The summed E-state index contributed by atoms with van der Waals surface area (Å²) in [6.45, 7) is 0.520. The molecule has 0 spiro atoms. The minimum atomic E-state index is -0.359. The average molecular weight is 234 g/mol. The lowest BCUT2D eigenvalue weighted by molar-refractivity contribution is -0.0838. The van der Waals surface area contributed by atoms with Crippen LogP contribution in [0.15, 0.2) is 27.5 Å². The van der Waals surface area contributed by atoms with E-state index in [0.717, 1.165) is 19.3 Å². The molecule has 0 atom stereocenters. The standard InChI is InChI=1S/C12H14N2O3/c1-16-12(5-3-6-12)8-14-10-9(17-11(14)15)4-2-7-13-10/h2,4,7H,3,5-6,8H2,1H3. The molecule has 0 unspecified atom stereocenters. The molecule has 0 bridgehead atoms. The van der Waals surface area contributed by atoms with Crippen molar-refractivity contribution in [3.63, 3.8) is 0 Å². The summed E-state index contributed by atoms with van der Waals surface area (Å²) in [6.07, 6.45) is 4.77. The van der Waals surface area contributed by atoms with Crippen molar-refractivity contribution in [2.24, 2.45) is 0 Å². The largest absolute Gasteiger partial charge is 0.421 e. The third-order valence-electron chi connectivity index (χ3n) is 3.57. The van der Waals surface area contributed by atoms with E-state index in [9.17, 15) is 4.79 Å². The summed E-state index contributed by atoms with van der Waals surface area (Å²) in [5, 5.41) is 0. The van der Waals surface area contributed by atoms with Gasteiger partial charge >= 0.3 is 5.76 Å². The maximum Gasteiger partial charge on any atom is 0.421 e. The van der Waals surface area contributed by atoms with Gasteiger partial charge in [-0.15, -0.1) is 0 Å². The van der Waals surface area contributed by atoms with Crippen LogP contribution in [-0.4, -0.2) is 22.3 Å². The quantitative estimate of drug-likeness (QED) is 0.808. The Labute approximate surface area is 98.0 Å². The summed E-state index contributed by atoms with van der Waals surface area (Å²) in [5.74, 6) is -0.359. The smallest absolute Gasteiger partial charge is 0.406 e. The molecular weight excluding hydrogens is 220 g/mol. The van der Waals surface area contributed by atoms with Crippen molar-refractivity contribution in [3.05, 3.63) is 28.9 Å². The van der Waals surface area contributed by atoms with Crippen molar-refractivity contribution in [1.29, 1.82) is 0 Å². The summed E-state index contributed by atoms with van der Waals surface area (Å²) in [7, 11) is 1.69. The zero-order valence-electron chi connectivity index (χ0n) is 9.68. The van der Waals surface area contributed by atoms with E-state index >= 15 is 0 Å². The van der Waals surface area contributed by atoms with E-state index in [-0.39, 0.29) is 11.4 Å². The Morgan fingerprint density at radius 2 is 2.41 bits per heavy atom.